The van der Waals surface area contributed by atoms with Crippen molar-refractivity contribution >= 4 is 17.0 Å². The number of piperazine rings is 1. The summed E-state index contributed by atoms with van der Waals surface area (Å²) in [6.45, 7) is 1.97. The summed E-state index contributed by atoms with van der Waals surface area (Å²) in [6.07, 6.45) is 5.84. The molecule has 8 heteroatoms. The summed E-state index contributed by atoms with van der Waals surface area (Å²) < 4.78 is 15.4. The normalized spacial score (nSPS) is 20.7. The zero-order valence-electron chi connectivity index (χ0n) is 15.5. The largest absolute Gasteiger partial charge is 0.351 e. The zero-order chi connectivity index (χ0) is 19.4. The summed E-state index contributed by atoms with van der Waals surface area (Å²) >= 11 is 0. The highest BCUT2D eigenvalue weighted by Crippen LogP contribution is 2.32. The van der Waals surface area contributed by atoms with Gasteiger partial charge in [0, 0.05) is 37.6 Å². The monoisotopic (exact) mass is 387 g/mol. The van der Waals surface area contributed by atoms with Gasteiger partial charge in [-0.15, -0.1) is 0 Å². The summed E-state index contributed by atoms with van der Waals surface area (Å²) in [6, 6.07) is 11.9. The third-order valence-corrected chi connectivity index (χ3v) is 5.72. The molecule has 0 radical (unpaired) electrons. The van der Waals surface area contributed by atoms with Crippen molar-refractivity contribution in [1.82, 2.24) is 29.8 Å². The first-order valence-electron chi connectivity index (χ1n) is 9.68. The van der Waals surface area contributed by atoms with E-state index >= 15 is 0 Å². The SMILES string of the molecule is Fc1ccc(-c2nc3ccc(N4C[C@H]5C[C@@H]4CN5)nc3n2-c2ccncc2)nc1. The molecule has 2 atom stereocenters. The van der Waals surface area contributed by atoms with Crippen molar-refractivity contribution in [3.05, 3.63) is 60.8 Å². The first kappa shape index (κ1) is 16.6. The zero-order valence-corrected chi connectivity index (χ0v) is 15.5. The second-order valence-electron chi connectivity index (χ2n) is 7.50. The average Bonchev–Trinajstić information content (AvgIpc) is 3.48. The Morgan fingerprint density at radius 2 is 1.93 bits per heavy atom. The lowest BCUT2D eigenvalue weighted by atomic mass is 10.2. The van der Waals surface area contributed by atoms with Gasteiger partial charge in [-0.05, 0) is 42.8 Å². The number of hydrogen-bond acceptors (Lipinski definition) is 6. The number of rotatable bonds is 3. The van der Waals surface area contributed by atoms with Gasteiger partial charge in [0.1, 0.15) is 22.8 Å². The minimum absolute atomic E-state index is 0.376. The van der Waals surface area contributed by atoms with Gasteiger partial charge in [-0.25, -0.2) is 19.3 Å². The second kappa shape index (κ2) is 6.31. The van der Waals surface area contributed by atoms with Gasteiger partial charge in [0.15, 0.2) is 11.5 Å². The van der Waals surface area contributed by atoms with Crippen LogP contribution in [0.4, 0.5) is 10.2 Å². The molecule has 0 aliphatic carbocycles. The lowest BCUT2D eigenvalue weighted by molar-refractivity contribution is 0.577. The molecule has 0 spiro atoms. The Hall–Kier alpha value is -3.39. The number of fused-ring (bicyclic) bond motifs is 3. The molecule has 0 aromatic carbocycles. The fourth-order valence-corrected chi connectivity index (χ4v) is 4.37. The smallest absolute Gasteiger partial charge is 0.167 e. The molecule has 29 heavy (non-hydrogen) atoms. The van der Waals surface area contributed by atoms with Gasteiger partial charge in [-0.1, -0.05) is 0 Å². The van der Waals surface area contributed by atoms with Crippen molar-refractivity contribution in [2.45, 2.75) is 18.5 Å². The quantitative estimate of drug-likeness (QED) is 0.583. The number of aromatic nitrogens is 5. The van der Waals surface area contributed by atoms with Crippen LogP contribution in [-0.4, -0.2) is 49.7 Å². The van der Waals surface area contributed by atoms with Crippen molar-refractivity contribution < 1.29 is 4.39 Å². The minimum Gasteiger partial charge on any atom is -0.351 e. The van der Waals surface area contributed by atoms with E-state index in [0.29, 0.717) is 23.6 Å². The van der Waals surface area contributed by atoms with Gasteiger partial charge in [-0.2, -0.15) is 0 Å². The van der Waals surface area contributed by atoms with Crippen LogP contribution in [0.15, 0.2) is 55.0 Å². The van der Waals surface area contributed by atoms with Crippen LogP contribution in [0.5, 0.6) is 0 Å². The standard InChI is InChI=1S/C21H18FN7/c22-13-1-2-17(25-10-13)20-26-18-3-4-19(28-12-14-9-16(28)11-24-14)27-21(18)29(20)15-5-7-23-8-6-15/h1-8,10,14,16,24H,9,11-12H2/t14-,16-/m1/s1. The molecule has 2 aliphatic heterocycles. The lowest BCUT2D eigenvalue weighted by Gasteiger charge is -2.28. The van der Waals surface area contributed by atoms with E-state index in [1.165, 1.54) is 12.3 Å². The van der Waals surface area contributed by atoms with Crippen LogP contribution in [0, 0.1) is 5.82 Å². The number of imidazole rings is 1. The van der Waals surface area contributed by atoms with Gasteiger partial charge < -0.3 is 10.2 Å². The van der Waals surface area contributed by atoms with E-state index in [0.717, 1.165) is 42.2 Å². The molecule has 6 heterocycles. The Kier molecular flexibility index (Phi) is 3.60. The summed E-state index contributed by atoms with van der Waals surface area (Å²) in [5.41, 5.74) is 3.00. The second-order valence-corrected chi connectivity index (χ2v) is 7.50. The van der Waals surface area contributed by atoms with E-state index in [1.807, 2.05) is 28.8 Å². The Bertz CT molecular complexity index is 1190. The number of pyridine rings is 3. The van der Waals surface area contributed by atoms with Gasteiger partial charge >= 0.3 is 0 Å². The number of nitrogens with one attached hydrogen (secondary N) is 1. The van der Waals surface area contributed by atoms with Crippen molar-refractivity contribution in [3.8, 4) is 17.2 Å². The summed E-state index contributed by atoms with van der Waals surface area (Å²) in [5.74, 6) is 1.21. The molecule has 4 aromatic heterocycles. The maximum Gasteiger partial charge on any atom is 0.167 e. The molecule has 1 N–H and O–H groups in total. The molecule has 2 fully saturated rings. The first-order valence-corrected chi connectivity index (χ1v) is 9.68. The van der Waals surface area contributed by atoms with Crippen LogP contribution in [0.3, 0.4) is 0 Å². The van der Waals surface area contributed by atoms with Gasteiger partial charge in [0.25, 0.3) is 0 Å². The molecule has 0 saturated carbocycles. The fourth-order valence-electron chi connectivity index (χ4n) is 4.37. The van der Waals surface area contributed by atoms with Crippen molar-refractivity contribution in [2.75, 3.05) is 18.0 Å². The lowest BCUT2D eigenvalue weighted by Crippen LogP contribution is -2.44. The molecule has 4 aromatic rings. The number of halogens is 1. The molecular weight excluding hydrogens is 369 g/mol. The Balaban J connectivity index is 1.55. The maximum atomic E-state index is 13.4. The molecule has 2 aliphatic rings. The molecule has 7 nitrogen and oxygen atoms in total. The van der Waals surface area contributed by atoms with Crippen molar-refractivity contribution in [2.24, 2.45) is 0 Å². The molecule has 2 saturated heterocycles. The number of anilines is 1. The molecule has 2 bridgehead atoms. The van der Waals surface area contributed by atoms with E-state index in [9.17, 15) is 4.39 Å². The molecular formula is C21H18FN7. The summed E-state index contributed by atoms with van der Waals surface area (Å²) in [5, 5.41) is 3.53. The van der Waals surface area contributed by atoms with E-state index < -0.39 is 0 Å². The van der Waals surface area contributed by atoms with E-state index in [2.05, 4.69) is 20.2 Å². The third-order valence-electron chi connectivity index (χ3n) is 5.72. The number of nitrogens with zero attached hydrogens (tertiary/aromatic N) is 6. The summed E-state index contributed by atoms with van der Waals surface area (Å²) in [4.78, 5) is 20.5. The van der Waals surface area contributed by atoms with Crippen molar-refractivity contribution in [1.29, 1.82) is 0 Å². The Morgan fingerprint density at radius 1 is 1.03 bits per heavy atom. The Morgan fingerprint density at radius 3 is 2.66 bits per heavy atom. The van der Waals surface area contributed by atoms with Crippen LogP contribution in [0.1, 0.15) is 6.42 Å². The maximum absolute atomic E-state index is 13.4. The van der Waals surface area contributed by atoms with E-state index in [1.54, 1.807) is 18.5 Å². The van der Waals surface area contributed by atoms with E-state index in [-0.39, 0.29) is 5.82 Å². The van der Waals surface area contributed by atoms with Crippen LogP contribution in [-0.2, 0) is 0 Å². The van der Waals surface area contributed by atoms with Crippen LogP contribution < -0.4 is 10.2 Å². The summed E-state index contributed by atoms with van der Waals surface area (Å²) in [7, 11) is 0. The Labute approximate surface area is 166 Å². The van der Waals surface area contributed by atoms with Gasteiger partial charge in [-0.3, -0.25) is 9.55 Å². The average molecular weight is 387 g/mol. The van der Waals surface area contributed by atoms with Crippen LogP contribution in [0.2, 0.25) is 0 Å². The minimum atomic E-state index is -0.376. The topological polar surface area (TPSA) is 71.8 Å². The molecule has 6 rings (SSSR count). The van der Waals surface area contributed by atoms with Crippen LogP contribution in [0.25, 0.3) is 28.4 Å². The molecule has 144 valence electrons. The highest BCUT2D eigenvalue weighted by atomic mass is 19.1. The first-order chi connectivity index (χ1) is 14.3. The highest BCUT2D eigenvalue weighted by Gasteiger charge is 2.38. The predicted molar refractivity (Wildman–Crippen MR) is 107 cm³/mol. The molecule has 0 amide bonds. The van der Waals surface area contributed by atoms with Gasteiger partial charge in [0.05, 0.1) is 11.9 Å². The highest BCUT2D eigenvalue weighted by molar-refractivity contribution is 5.81. The van der Waals surface area contributed by atoms with Gasteiger partial charge in [0.2, 0.25) is 0 Å². The number of hydrogen-bond donors (Lipinski definition) is 1. The third kappa shape index (κ3) is 2.67. The predicted octanol–water partition coefficient (Wildman–Crippen LogP) is 2.57. The van der Waals surface area contributed by atoms with E-state index in [4.69, 9.17) is 9.97 Å². The van der Waals surface area contributed by atoms with Crippen molar-refractivity contribution in [3.63, 3.8) is 0 Å². The molecule has 0 unspecified atom stereocenters. The van der Waals surface area contributed by atoms with Crippen LogP contribution >= 0.6 is 0 Å². The fraction of sp³-hybridized carbons (Fsp3) is 0.238.